The van der Waals surface area contributed by atoms with Crippen LogP contribution in [0.4, 0.5) is 0 Å². The maximum absolute atomic E-state index is 12.6. The summed E-state index contributed by atoms with van der Waals surface area (Å²) in [5.41, 5.74) is 2.22. The topological polar surface area (TPSA) is 60.9 Å². The number of hydrogen-bond donors (Lipinski definition) is 0. The van der Waals surface area contributed by atoms with E-state index in [1.807, 2.05) is 10.3 Å². The summed E-state index contributed by atoms with van der Waals surface area (Å²) in [6, 6.07) is 0. The smallest absolute Gasteiger partial charge is 0.273 e. The van der Waals surface area contributed by atoms with Crippen molar-refractivity contribution in [2.45, 2.75) is 12.8 Å². The molecule has 0 unspecified atom stereocenters. The molecule has 7 heteroatoms. The standard InChI is InChI=1S/C17H24N2O4S/c20-16(15-8-24-12-18-15)19-5-14-7-23-11-17(14,9-19)10-22-6-13-1-3-21-4-2-13/h8,12-14H,1-7,9-11H2/t14-,17-/m0/s1. The van der Waals surface area contributed by atoms with Crippen molar-refractivity contribution in [1.29, 1.82) is 0 Å². The molecule has 6 nitrogen and oxygen atoms in total. The van der Waals surface area contributed by atoms with E-state index in [4.69, 9.17) is 14.2 Å². The number of rotatable bonds is 5. The van der Waals surface area contributed by atoms with Crippen LogP contribution in [-0.4, -0.2) is 68.5 Å². The minimum Gasteiger partial charge on any atom is -0.381 e. The first kappa shape index (κ1) is 16.4. The summed E-state index contributed by atoms with van der Waals surface area (Å²) >= 11 is 1.46. The largest absolute Gasteiger partial charge is 0.381 e. The molecule has 3 aliphatic heterocycles. The van der Waals surface area contributed by atoms with Crippen LogP contribution in [0.1, 0.15) is 23.3 Å². The molecule has 1 amide bonds. The van der Waals surface area contributed by atoms with Gasteiger partial charge < -0.3 is 19.1 Å². The molecule has 2 atom stereocenters. The number of amides is 1. The highest BCUT2D eigenvalue weighted by atomic mass is 32.1. The zero-order valence-corrected chi connectivity index (χ0v) is 14.6. The Morgan fingerprint density at radius 1 is 1.42 bits per heavy atom. The van der Waals surface area contributed by atoms with E-state index < -0.39 is 0 Å². The van der Waals surface area contributed by atoms with Crippen molar-refractivity contribution in [3.05, 3.63) is 16.6 Å². The highest BCUT2D eigenvalue weighted by molar-refractivity contribution is 7.07. The third-order valence-corrected chi connectivity index (χ3v) is 6.13. The molecule has 24 heavy (non-hydrogen) atoms. The minimum absolute atomic E-state index is 0.0365. The number of aromatic nitrogens is 1. The zero-order chi connectivity index (χ0) is 16.4. The molecule has 4 heterocycles. The first-order chi connectivity index (χ1) is 11.8. The monoisotopic (exact) mass is 352 g/mol. The molecule has 0 bridgehead atoms. The van der Waals surface area contributed by atoms with Crippen molar-refractivity contribution >= 4 is 17.2 Å². The lowest BCUT2D eigenvalue weighted by atomic mass is 9.82. The van der Waals surface area contributed by atoms with E-state index in [2.05, 4.69) is 4.98 Å². The zero-order valence-electron chi connectivity index (χ0n) is 13.8. The van der Waals surface area contributed by atoms with Gasteiger partial charge in [0.05, 0.1) is 25.3 Å². The molecular weight excluding hydrogens is 328 g/mol. The predicted molar refractivity (Wildman–Crippen MR) is 89.1 cm³/mol. The Kier molecular flexibility index (Phi) is 4.85. The van der Waals surface area contributed by atoms with Crippen LogP contribution in [0.5, 0.6) is 0 Å². The quantitative estimate of drug-likeness (QED) is 0.807. The molecule has 0 aromatic carbocycles. The lowest BCUT2D eigenvalue weighted by Gasteiger charge is -2.28. The summed E-state index contributed by atoms with van der Waals surface area (Å²) in [6.07, 6.45) is 2.17. The molecule has 1 aromatic heterocycles. The lowest BCUT2D eigenvalue weighted by Crippen LogP contribution is -2.38. The summed E-state index contributed by atoms with van der Waals surface area (Å²) < 4.78 is 17.2. The molecule has 0 saturated carbocycles. The number of carbonyl (C=O) groups excluding carboxylic acids is 1. The number of fused-ring (bicyclic) bond motifs is 1. The fourth-order valence-electron chi connectivity index (χ4n) is 4.01. The predicted octanol–water partition coefficient (Wildman–Crippen LogP) is 1.67. The molecule has 1 aromatic rings. The van der Waals surface area contributed by atoms with Gasteiger partial charge >= 0.3 is 0 Å². The van der Waals surface area contributed by atoms with Crippen molar-refractivity contribution in [2.75, 3.05) is 52.7 Å². The third-order valence-electron chi connectivity index (χ3n) is 5.54. The molecule has 3 fully saturated rings. The second-order valence-corrected chi connectivity index (χ2v) is 7.92. The second-order valence-electron chi connectivity index (χ2n) is 7.20. The first-order valence-corrected chi connectivity index (χ1v) is 9.62. The number of thiazole rings is 1. The van der Waals surface area contributed by atoms with Crippen LogP contribution in [0, 0.1) is 17.3 Å². The van der Waals surface area contributed by atoms with Crippen LogP contribution in [0.15, 0.2) is 10.9 Å². The lowest BCUT2D eigenvalue weighted by molar-refractivity contribution is -0.0150. The first-order valence-electron chi connectivity index (χ1n) is 8.67. The Morgan fingerprint density at radius 3 is 3.08 bits per heavy atom. The van der Waals surface area contributed by atoms with Gasteiger partial charge in [-0.25, -0.2) is 4.98 Å². The molecule has 0 N–H and O–H groups in total. The Labute approximate surface area is 146 Å². The molecule has 132 valence electrons. The molecular formula is C17H24N2O4S. The maximum Gasteiger partial charge on any atom is 0.273 e. The van der Waals surface area contributed by atoms with E-state index in [1.165, 1.54) is 11.3 Å². The number of hydrogen-bond acceptors (Lipinski definition) is 6. The van der Waals surface area contributed by atoms with Gasteiger partial charge in [-0.05, 0) is 18.8 Å². The molecule has 3 aliphatic rings. The van der Waals surface area contributed by atoms with Crippen LogP contribution >= 0.6 is 11.3 Å². The van der Waals surface area contributed by atoms with Crippen molar-refractivity contribution < 1.29 is 19.0 Å². The third kappa shape index (κ3) is 3.22. The normalized spacial score (nSPS) is 30.7. The maximum atomic E-state index is 12.6. The summed E-state index contributed by atoms with van der Waals surface area (Å²) in [5.74, 6) is 1.01. The molecule has 4 rings (SSSR count). The molecule has 0 aliphatic carbocycles. The average Bonchev–Trinajstić information content (AvgIpc) is 3.31. The Bertz CT molecular complexity index is 561. The van der Waals surface area contributed by atoms with Crippen LogP contribution < -0.4 is 0 Å². The van der Waals surface area contributed by atoms with E-state index >= 15 is 0 Å². The number of nitrogens with zero attached hydrogens (tertiary/aromatic N) is 2. The van der Waals surface area contributed by atoms with Gasteiger partial charge in [0.1, 0.15) is 5.69 Å². The highest BCUT2D eigenvalue weighted by Crippen LogP contribution is 2.42. The number of likely N-dealkylation sites (tertiary alicyclic amines) is 1. The van der Waals surface area contributed by atoms with Crippen LogP contribution in [0.25, 0.3) is 0 Å². The van der Waals surface area contributed by atoms with E-state index in [-0.39, 0.29) is 11.3 Å². The van der Waals surface area contributed by atoms with Gasteiger partial charge in [0.15, 0.2) is 0 Å². The summed E-state index contributed by atoms with van der Waals surface area (Å²) in [4.78, 5) is 18.7. The minimum atomic E-state index is -0.0448. The van der Waals surface area contributed by atoms with Gasteiger partial charge in [-0.15, -0.1) is 11.3 Å². The molecule has 0 radical (unpaired) electrons. The SMILES string of the molecule is O=C(c1cscn1)N1C[C@H]2COC[C@@]2(COCC2CCOCC2)C1. The van der Waals surface area contributed by atoms with E-state index in [1.54, 1.807) is 5.51 Å². The van der Waals surface area contributed by atoms with Crippen molar-refractivity contribution in [3.63, 3.8) is 0 Å². The van der Waals surface area contributed by atoms with Crippen molar-refractivity contribution in [1.82, 2.24) is 9.88 Å². The second kappa shape index (κ2) is 7.07. The van der Waals surface area contributed by atoms with E-state index in [0.29, 0.717) is 37.3 Å². The van der Waals surface area contributed by atoms with Crippen LogP contribution in [0.2, 0.25) is 0 Å². The molecule has 3 saturated heterocycles. The average molecular weight is 352 g/mol. The van der Waals surface area contributed by atoms with E-state index in [0.717, 1.165) is 45.8 Å². The Morgan fingerprint density at radius 2 is 2.29 bits per heavy atom. The van der Waals surface area contributed by atoms with Crippen molar-refractivity contribution in [3.8, 4) is 0 Å². The fourth-order valence-corrected chi connectivity index (χ4v) is 4.54. The van der Waals surface area contributed by atoms with Gasteiger partial charge in [0.2, 0.25) is 0 Å². The van der Waals surface area contributed by atoms with Crippen LogP contribution in [0.3, 0.4) is 0 Å². The summed E-state index contributed by atoms with van der Waals surface area (Å²) in [7, 11) is 0. The number of ether oxygens (including phenoxy) is 3. The Balaban J connectivity index is 1.35. The fraction of sp³-hybridized carbons (Fsp3) is 0.765. The summed E-state index contributed by atoms with van der Waals surface area (Å²) in [5, 5.41) is 1.82. The van der Waals surface area contributed by atoms with Gasteiger partial charge in [-0.1, -0.05) is 0 Å². The highest BCUT2D eigenvalue weighted by Gasteiger charge is 2.52. The van der Waals surface area contributed by atoms with E-state index in [9.17, 15) is 4.79 Å². The number of carbonyl (C=O) groups is 1. The van der Waals surface area contributed by atoms with Gasteiger partial charge in [-0.3, -0.25) is 4.79 Å². The Hall–Kier alpha value is -1.02. The van der Waals surface area contributed by atoms with Crippen LogP contribution in [-0.2, 0) is 14.2 Å². The van der Waals surface area contributed by atoms with Gasteiger partial charge in [0.25, 0.3) is 5.91 Å². The van der Waals surface area contributed by atoms with Gasteiger partial charge in [-0.2, -0.15) is 0 Å². The van der Waals surface area contributed by atoms with Gasteiger partial charge in [0, 0.05) is 49.6 Å². The molecule has 0 spiro atoms. The summed E-state index contributed by atoms with van der Waals surface area (Å²) in [6.45, 7) is 6.03. The van der Waals surface area contributed by atoms with Crippen molar-refractivity contribution in [2.24, 2.45) is 17.3 Å².